The molecule has 0 bridgehead atoms. The second kappa shape index (κ2) is 12.9. The molecule has 40 heavy (non-hydrogen) atoms. The summed E-state index contributed by atoms with van der Waals surface area (Å²) in [6, 6.07) is 32.5. The van der Waals surface area contributed by atoms with Gasteiger partial charge in [0.1, 0.15) is 0 Å². The highest BCUT2D eigenvalue weighted by Crippen LogP contribution is 2.49. The third-order valence-corrected chi connectivity index (χ3v) is 11.0. The van der Waals surface area contributed by atoms with Gasteiger partial charge < -0.3 is 0 Å². The van der Waals surface area contributed by atoms with Crippen LogP contribution in [0.15, 0.2) is 84.9 Å². The minimum atomic E-state index is -0.625. The molecule has 0 aromatic heterocycles. The van der Waals surface area contributed by atoms with E-state index in [2.05, 4.69) is 154 Å². The van der Waals surface area contributed by atoms with Gasteiger partial charge >= 0.3 is 0 Å². The first-order valence-corrected chi connectivity index (χ1v) is 16.7. The minimum Gasteiger partial charge on any atom is -0.0622 e. The average Bonchev–Trinajstić information content (AvgIpc) is 2.92. The van der Waals surface area contributed by atoms with Crippen molar-refractivity contribution in [1.82, 2.24) is 0 Å². The molecular formula is C39H49P. The molecule has 0 radical (unpaired) electrons. The van der Waals surface area contributed by atoms with E-state index in [9.17, 15) is 0 Å². The van der Waals surface area contributed by atoms with Crippen LogP contribution in [0.25, 0.3) is 22.3 Å². The second-order valence-electron chi connectivity index (χ2n) is 12.7. The van der Waals surface area contributed by atoms with Gasteiger partial charge in [0.05, 0.1) is 0 Å². The van der Waals surface area contributed by atoms with Crippen molar-refractivity contribution in [2.24, 2.45) is 0 Å². The third kappa shape index (κ3) is 5.99. The van der Waals surface area contributed by atoms with E-state index < -0.39 is 7.92 Å². The standard InChI is InChI=1S/C39H49P/c1-25(2)31-19-14-20-32(26(3)4)37(31)35-23-16-24-36(38-33(27(5)6)21-15-22-34(38)28(7)8)39(35)40(29(9)10)30-17-12-11-13-18-30/h11-29H,1-10H3. The molecule has 0 aliphatic heterocycles. The van der Waals surface area contributed by atoms with E-state index in [1.807, 2.05) is 0 Å². The van der Waals surface area contributed by atoms with Gasteiger partial charge in [-0.05, 0) is 92.4 Å². The molecule has 0 amide bonds. The Balaban J connectivity index is 2.25. The topological polar surface area (TPSA) is 0 Å². The molecule has 0 aliphatic carbocycles. The van der Waals surface area contributed by atoms with Crippen molar-refractivity contribution in [1.29, 1.82) is 0 Å². The molecule has 210 valence electrons. The molecule has 1 unspecified atom stereocenters. The predicted octanol–water partition coefficient (Wildman–Crippen LogP) is 11.4. The van der Waals surface area contributed by atoms with Crippen LogP contribution in [0.2, 0.25) is 0 Å². The fraction of sp³-hybridized carbons (Fsp3) is 0.385. The Morgan fingerprint density at radius 3 is 1.07 bits per heavy atom. The zero-order valence-electron chi connectivity index (χ0n) is 26.4. The van der Waals surface area contributed by atoms with Crippen LogP contribution < -0.4 is 10.6 Å². The molecule has 0 nitrogen and oxygen atoms in total. The first-order valence-electron chi connectivity index (χ1n) is 15.3. The summed E-state index contributed by atoms with van der Waals surface area (Å²) in [6.07, 6.45) is 0. The maximum absolute atomic E-state index is 2.43. The maximum atomic E-state index is 2.43. The molecule has 4 rings (SSSR count). The number of hydrogen-bond donors (Lipinski definition) is 0. The van der Waals surface area contributed by atoms with E-state index >= 15 is 0 Å². The normalized spacial score (nSPS) is 12.8. The van der Waals surface area contributed by atoms with E-state index in [1.54, 1.807) is 5.30 Å². The van der Waals surface area contributed by atoms with Gasteiger partial charge in [-0.15, -0.1) is 0 Å². The van der Waals surface area contributed by atoms with Crippen molar-refractivity contribution in [2.75, 3.05) is 0 Å². The minimum absolute atomic E-state index is 0.446. The summed E-state index contributed by atoms with van der Waals surface area (Å²) in [6.45, 7) is 23.6. The summed E-state index contributed by atoms with van der Waals surface area (Å²) >= 11 is 0. The predicted molar refractivity (Wildman–Crippen MR) is 181 cm³/mol. The van der Waals surface area contributed by atoms with Crippen molar-refractivity contribution in [3.63, 3.8) is 0 Å². The quantitative estimate of drug-likeness (QED) is 0.182. The maximum Gasteiger partial charge on any atom is -0.00361 e. The van der Waals surface area contributed by atoms with Gasteiger partial charge in [-0.2, -0.15) is 0 Å². The molecule has 4 aromatic carbocycles. The third-order valence-electron chi connectivity index (χ3n) is 8.11. The summed E-state index contributed by atoms with van der Waals surface area (Å²) < 4.78 is 0. The summed E-state index contributed by atoms with van der Waals surface area (Å²) in [7, 11) is -0.625. The summed E-state index contributed by atoms with van der Waals surface area (Å²) in [5.74, 6) is 1.78. The van der Waals surface area contributed by atoms with Crippen molar-refractivity contribution in [3.05, 3.63) is 107 Å². The Hall–Kier alpha value is -2.69. The van der Waals surface area contributed by atoms with Crippen molar-refractivity contribution < 1.29 is 0 Å². The first kappa shape index (κ1) is 30.3. The Morgan fingerprint density at radius 1 is 0.400 bits per heavy atom. The fourth-order valence-corrected chi connectivity index (χ4v) is 8.96. The monoisotopic (exact) mass is 548 g/mol. The van der Waals surface area contributed by atoms with E-state index in [4.69, 9.17) is 0 Å². The molecule has 4 aromatic rings. The van der Waals surface area contributed by atoms with Gasteiger partial charge in [-0.1, -0.05) is 154 Å². The van der Waals surface area contributed by atoms with Gasteiger partial charge in [0.25, 0.3) is 0 Å². The lowest BCUT2D eigenvalue weighted by molar-refractivity contribution is 0.837. The van der Waals surface area contributed by atoms with Crippen molar-refractivity contribution in [2.45, 2.75) is 98.6 Å². The summed E-state index contributed by atoms with van der Waals surface area (Å²) in [5.41, 5.74) is 12.1. The van der Waals surface area contributed by atoms with Crippen molar-refractivity contribution >= 4 is 18.5 Å². The lowest BCUT2D eigenvalue weighted by Crippen LogP contribution is -2.23. The molecule has 1 heteroatoms. The second-order valence-corrected chi connectivity index (χ2v) is 15.5. The summed E-state index contributed by atoms with van der Waals surface area (Å²) in [5, 5.41) is 3.01. The molecular weight excluding hydrogens is 499 g/mol. The molecule has 0 spiro atoms. The zero-order chi connectivity index (χ0) is 29.1. The van der Waals surface area contributed by atoms with E-state index in [0.29, 0.717) is 29.3 Å². The van der Waals surface area contributed by atoms with E-state index in [-0.39, 0.29) is 0 Å². The van der Waals surface area contributed by atoms with Crippen LogP contribution >= 0.6 is 7.92 Å². The van der Waals surface area contributed by atoms with Gasteiger partial charge in [-0.3, -0.25) is 0 Å². The van der Waals surface area contributed by atoms with Crippen LogP contribution in [-0.4, -0.2) is 5.66 Å². The number of rotatable bonds is 9. The Labute approximate surface area is 246 Å². The van der Waals surface area contributed by atoms with Crippen LogP contribution in [0.5, 0.6) is 0 Å². The average molecular weight is 549 g/mol. The highest BCUT2D eigenvalue weighted by Gasteiger charge is 2.29. The van der Waals surface area contributed by atoms with Crippen LogP contribution in [-0.2, 0) is 0 Å². The molecule has 1 atom stereocenters. The van der Waals surface area contributed by atoms with Gasteiger partial charge in [0, 0.05) is 0 Å². The fourth-order valence-electron chi connectivity index (χ4n) is 6.20. The van der Waals surface area contributed by atoms with Gasteiger partial charge in [0.2, 0.25) is 0 Å². The van der Waals surface area contributed by atoms with Crippen LogP contribution in [0.4, 0.5) is 0 Å². The molecule has 0 fully saturated rings. The Kier molecular flexibility index (Phi) is 9.74. The van der Waals surface area contributed by atoms with E-state index in [1.165, 1.54) is 49.8 Å². The van der Waals surface area contributed by atoms with Crippen molar-refractivity contribution in [3.8, 4) is 22.3 Å². The van der Waals surface area contributed by atoms with Crippen LogP contribution in [0.1, 0.15) is 115 Å². The smallest absolute Gasteiger partial charge is 0.00361 e. The molecule has 0 aliphatic rings. The largest absolute Gasteiger partial charge is 0.0622 e. The molecule has 0 heterocycles. The Bertz CT molecular complexity index is 1290. The molecule has 0 N–H and O–H groups in total. The molecule has 0 saturated heterocycles. The van der Waals surface area contributed by atoms with Crippen LogP contribution in [0.3, 0.4) is 0 Å². The zero-order valence-corrected chi connectivity index (χ0v) is 27.3. The van der Waals surface area contributed by atoms with Crippen LogP contribution in [0, 0.1) is 0 Å². The van der Waals surface area contributed by atoms with Gasteiger partial charge in [0.15, 0.2) is 0 Å². The highest BCUT2D eigenvalue weighted by atomic mass is 31.1. The lowest BCUT2D eigenvalue weighted by atomic mass is 9.82. The number of benzene rings is 4. The number of hydrogen-bond acceptors (Lipinski definition) is 0. The highest BCUT2D eigenvalue weighted by molar-refractivity contribution is 7.74. The SMILES string of the molecule is CC(C)c1cccc(C(C)C)c1-c1cccc(-c2c(C(C)C)cccc2C(C)C)c1P(c1ccccc1)C(C)C. The Morgan fingerprint density at radius 2 is 0.750 bits per heavy atom. The first-order chi connectivity index (χ1) is 19.0. The summed E-state index contributed by atoms with van der Waals surface area (Å²) in [4.78, 5) is 0. The van der Waals surface area contributed by atoms with Gasteiger partial charge in [-0.25, -0.2) is 0 Å². The lowest BCUT2D eigenvalue weighted by Gasteiger charge is -2.32. The molecule has 0 saturated carbocycles. The van der Waals surface area contributed by atoms with E-state index in [0.717, 1.165) is 0 Å².